The number of hydrogen-bond donors (Lipinski definition) is 1. The number of aromatic nitrogens is 2. The smallest absolute Gasteiger partial charge is 0.0764 e. The summed E-state index contributed by atoms with van der Waals surface area (Å²) in [5.74, 6) is 0.531. The molecule has 1 saturated carbocycles. The normalized spacial score (nSPS) is 19.0. The van der Waals surface area contributed by atoms with E-state index in [9.17, 15) is 5.11 Å². The van der Waals surface area contributed by atoms with Crippen molar-refractivity contribution in [1.82, 2.24) is 9.78 Å². The van der Waals surface area contributed by atoms with Crippen LogP contribution in [0.3, 0.4) is 0 Å². The molecule has 0 aromatic carbocycles. The second kappa shape index (κ2) is 3.14. The summed E-state index contributed by atoms with van der Waals surface area (Å²) in [5, 5.41) is 14.0. The van der Waals surface area contributed by atoms with Crippen LogP contribution in [0.5, 0.6) is 0 Å². The fraction of sp³-hybridized carbons (Fsp3) is 0.700. The molecule has 0 aliphatic heterocycles. The Labute approximate surface area is 78.4 Å². The van der Waals surface area contributed by atoms with Crippen molar-refractivity contribution in [2.45, 2.75) is 39.3 Å². The Morgan fingerprint density at radius 1 is 1.62 bits per heavy atom. The molecule has 1 aromatic heterocycles. The highest BCUT2D eigenvalue weighted by Crippen LogP contribution is 2.33. The van der Waals surface area contributed by atoms with Gasteiger partial charge in [0.05, 0.1) is 18.3 Å². The van der Waals surface area contributed by atoms with Gasteiger partial charge in [-0.2, -0.15) is 5.10 Å². The molecular weight excluding hydrogens is 164 g/mol. The maximum atomic E-state index is 9.72. The van der Waals surface area contributed by atoms with E-state index in [1.165, 1.54) is 12.8 Å². The highest BCUT2D eigenvalue weighted by Gasteiger charge is 2.30. The summed E-state index contributed by atoms with van der Waals surface area (Å²) in [4.78, 5) is 0. The maximum Gasteiger partial charge on any atom is 0.0764 e. The van der Waals surface area contributed by atoms with Crippen molar-refractivity contribution >= 4 is 0 Å². The zero-order chi connectivity index (χ0) is 9.42. The van der Waals surface area contributed by atoms with Crippen molar-refractivity contribution in [1.29, 1.82) is 0 Å². The molecule has 1 aromatic rings. The van der Waals surface area contributed by atoms with Gasteiger partial charge in [0.1, 0.15) is 0 Å². The van der Waals surface area contributed by atoms with Crippen LogP contribution in [0.4, 0.5) is 0 Å². The zero-order valence-electron chi connectivity index (χ0n) is 8.20. The van der Waals surface area contributed by atoms with Gasteiger partial charge in [-0.25, -0.2) is 0 Å². The lowest BCUT2D eigenvalue weighted by atomic mass is 10.2. The average molecular weight is 180 g/mol. The first-order valence-corrected chi connectivity index (χ1v) is 4.86. The van der Waals surface area contributed by atoms with Gasteiger partial charge < -0.3 is 5.11 Å². The lowest BCUT2D eigenvalue weighted by Crippen LogP contribution is -2.19. The van der Waals surface area contributed by atoms with Crippen LogP contribution in [0.15, 0.2) is 6.07 Å². The first kappa shape index (κ1) is 8.75. The van der Waals surface area contributed by atoms with E-state index in [0.717, 1.165) is 11.4 Å². The van der Waals surface area contributed by atoms with Gasteiger partial charge in [0.25, 0.3) is 0 Å². The highest BCUT2D eigenvalue weighted by atomic mass is 16.3. The molecule has 3 nitrogen and oxygen atoms in total. The fourth-order valence-electron chi connectivity index (χ4n) is 1.67. The number of aliphatic hydroxyl groups excluding tert-OH is 1. The summed E-state index contributed by atoms with van der Waals surface area (Å²) in [6, 6.07) is 2.04. The average Bonchev–Trinajstić information content (AvgIpc) is 2.81. The predicted octanol–water partition coefficient (Wildman–Crippen LogP) is 1.27. The number of nitrogens with zero attached hydrogens (tertiary/aromatic N) is 2. The van der Waals surface area contributed by atoms with E-state index in [4.69, 9.17) is 0 Å². The van der Waals surface area contributed by atoms with Gasteiger partial charge in [-0.05, 0) is 38.7 Å². The van der Waals surface area contributed by atoms with Crippen molar-refractivity contribution in [3.8, 4) is 0 Å². The maximum absolute atomic E-state index is 9.72. The van der Waals surface area contributed by atoms with Crippen LogP contribution in [-0.2, 0) is 6.54 Å². The van der Waals surface area contributed by atoms with E-state index in [1.54, 1.807) is 0 Å². The molecule has 0 spiro atoms. The molecular formula is C10H16N2O. The van der Waals surface area contributed by atoms with Gasteiger partial charge in [0, 0.05) is 5.69 Å². The van der Waals surface area contributed by atoms with Crippen molar-refractivity contribution in [3.05, 3.63) is 17.5 Å². The highest BCUT2D eigenvalue weighted by molar-refractivity contribution is 5.06. The quantitative estimate of drug-likeness (QED) is 0.760. The second-order valence-electron chi connectivity index (χ2n) is 4.01. The van der Waals surface area contributed by atoms with Crippen molar-refractivity contribution in [3.63, 3.8) is 0 Å². The number of aryl methyl sites for hydroxylation is 2. The minimum atomic E-state index is -0.196. The van der Waals surface area contributed by atoms with Gasteiger partial charge in [0.15, 0.2) is 0 Å². The number of hydrogen-bond acceptors (Lipinski definition) is 2. The van der Waals surface area contributed by atoms with Crippen LogP contribution >= 0.6 is 0 Å². The van der Waals surface area contributed by atoms with Crippen LogP contribution < -0.4 is 0 Å². The molecule has 0 saturated heterocycles. The monoisotopic (exact) mass is 180 g/mol. The third kappa shape index (κ3) is 1.91. The Kier molecular flexibility index (Phi) is 2.12. The van der Waals surface area contributed by atoms with Crippen LogP contribution in [0.2, 0.25) is 0 Å². The summed E-state index contributed by atoms with van der Waals surface area (Å²) in [7, 11) is 0. The predicted molar refractivity (Wildman–Crippen MR) is 50.4 cm³/mol. The van der Waals surface area contributed by atoms with Crippen LogP contribution in [0.1, 0.15) is 24.2 Å². The van der Waals surface area contributed by atoms with Crippen molar-refractivity contribution in [2.24, 2.45) is 5.92 Å². The standard InChI is InChI=1S/C10H16N2O/c1-7-5-8(2)12(11-7)6-10(13)9-3-4-9/h5,9-10,13H,3-4,6H2,1-2H3. The van der Waals surface area contributed by atoms with Crippen molar-refractivity contribution < 1.29 is 5.11 Å². The molecule has 0 radical (unpaired) electrons. The molecule has 2 rings (SSSR count). The van der Waals surface area contributed by atoms with E-state index in [-0.39, 0.29) is 6.10 Å². The Balaban J connectivity index is 2.03. The Hall–Kier alpha value is -0.830. The third-order valence-corrected chi connectivity index (χ3v) is 2.63. The molecule has 1 aliphatic carbocycles. The molecule has 0 amide bonds. The number of rotatable bonds is 3. The summed E-state index contributed by atoms with van der Waals surface area (Å²) in [6.45, 7) is 4.66. The molecule has 1 atom stereocenters. The molecule has 1 fully saturated rings. The molecule has 13 heavy (non-hydrogen) atoms. The van der Waals surface area contributed by atoms with E-state index in [1.807, 2.05) is 24.6 Å². The van der Waals surface area contributed by atoms with E-state index >= 15 is 0 Å². The molecule has 1 heterocycles. The van der Waals surface area contributed by atoms with Crippen LogP contribution in [0, 0.1) is 19.8 Å². The zero-order valence-corrected chi connectivity index (χ0v) is 8.20. The number of aliphatic hydroxyl groups is 1. The summed E-state index contributed by atoms with van der Waals surface area (Å²) in [5.41, 5.74) is 2.16. The molecule has 1 N–H and O–H groups in total. The van der Waals surface area contributed by atoms with Crippen LogP contribution in [0.25, 0.3) is 0 Å². The fourth-order valence-corrected chi connectivity index (χ4v) is 1.67. The Morgan fingerprint density at radius 3 is 2.77 bits per heavy atom. The lowest BCUT2D eigenvalue weighted by molar-refractivity contribution is 0.126. The Morgan fingerprint density at radius 2 is 2.31 bits per heavy atom. The van der Waals surface area contributed by atoms with Gasteiger partial charge in [-0.3, -0.25) is 4.68 Å². The minimum Gasteiger partial charge on any atom is -0.391 e. The van der Waals surface area contributed by atoms with Crippen LogP contribution in [-0.4, -0.2) is 21.0 Å². The van der Waals surface area contributed by atoms with E-state index < -0.39 is 0 Å². The van der Waals surface area contributed by atoms with E-state index in [0.29, 0.717) is 12.5 Å². The first-order chi connectivity index (χ1) is 6.16. The van der Waals surface area contributed by atoms with Gasteiger partial charge >= 0.3 is 0 Å². The summed E-state index contributed by atoms with van der Waals surface area (Å²) >= 11 is 0. The van der Waals surface area contributed by atoms with E-state index in [2.05, 4.69) is 5.10 Å². The second-order valence-corrected chi connectivity index (χ2v) is 4.01. The first-order valence-electron chi connectivity index (χ1n) is 4.86. The van der Waals surface area contributed by atoms with Gasteiger partial charge in [0.2, 0.25) is 0 Å². The molecule has 0 bridgehead atoms. The topological polar surface area (TPSA) is 38.0 Å². The summed E-state index contributed by atoms with van der Waals surface area (Å²) in [6.07, 6.45) is 2.17. The minimum absolute atomic E-state index is 0.196. The molecule has 1 unspecified atom stereocenters. The molecule has 3 heteroatoms. The Bertz CT molecular complexity index is 302. The van der Waals surface area contributed by atoms with Gasteiger partial charge in [-0.15, -0.1) is 0 Å². The summed E-state index contributed by atoms with van der Waals surface area (Å²) < 4.78 is 1.90. The molecule has 72 valence electrons. The van der Waals surface area contributed by atoms with Gasteiger partial charge in [-0.1, -0.05) is 0 Å². The largest absolute Gasteiger partial charge is 0.391 e. The SMILES string of the molecule is Cc1cc(C)n(CC(O)C2CC2)n1. The third-order valence-electron chi connectivity index (χ3n) is 2.63. The van der Waals surface area contributed by atoms with Crippen molar-refractivity contribution in [2.75, 3.05) is 0 Å². The lowest BCUT2D eigenvalue weighted by Gasteiger charge is -2.10. The molecule has 1 aliphatic rings.